The molecule has 0 saturated carbocycles. The minimum atomic E-state index is 0.386. The van der Waals surface area contributed by atoms with Crippen molar-refractivity contribution in [2.75, 3.05) is 30.8 Å². The van der Waals surface area contributed by atoms with Gasteiger partial charge < -0.3 is 15.4 Å². The number of ether oxygens (including phenoxy) is 1. The van der Waals surface area contributed by atoms with Crippen molar-refractivity contribution in [3.8, 4) is 0 Å². The number of anilines is 2. The van der Waals surface area contributed by atoms with Crippen molar-refractivity contribution < 1.29 is 4.74 Å². The smallest absolute Gasteiger partial charge is 0.0614 e. The average molecular weight is 241 g/mol. The van der Waals surface area contributed by atoms with Gasteiger partial charge in [-0.25, -0.2) is 0 Å². The highest BCUT2D eigenvalue weighted by Crippen LogP contribution is 2.29. The summed E-state index contributed by atoms with van der Waals surface area (Å²) in [5.74, 6) is 0. The van der Waals surface area contributed by atoms with Crippen molar-refractivity contribution >= 4 is 23.0 Å². The molecule has 88 valence electrons. The lowest BCUT2D eigenvalue weighted by atomic mass is 10.1. The molecule has 1 heterocycles. The molecule has 0 aromatic heterocycles. The Labute approximate surface area is 101 Å². The summed E-state index contributed by atoms with van der Waals surface area (Å²) in [6.07, 6.45) is 2.47. The molecule has 2 N–H and O–H groups in total. The first-order valence-corrected chi connectivity index (χ1v) is 5.91. The molecular weight excluding hydrogens is 224 g/mol. The third-order valence-corrected chi connectivity index (χ3v) is 3.34. The van der Waals surface area contributed by atoms with Gasteiger partial charge in [0.15, 0.2) is 0 Å². The largest absolute Gasteiger partial charge is 0.397 e. The molecule has 1 aliphatic heterocycles. The summed E-state index contributed by atoms with van der Waals surface area (Å²) in [6.45, 7) is 1.95. The second-order valence-electron chi connectivity index (χ2n) is 4.13. The van der Waals surface area contributed by atoms with E-state index in [-0.39, 0.29) is 0 Å². The monoisotopic (exact) mass is 240 g/mol. The van der Waals surface area contributed by atoms with Gasteiger partial charge in [-0.15, -0.1) is 0 Å². The Morgan fingerprint density at radius 2 is 2.06 bits per heavy atom. The van der Waals surface area contributed by atoms with Gasteiger partial charge in [-0.3, -0.25) is 0 Å². The summed E-state index contributed by atoms with van der Waals surface area (Å²) in [5, 5.41) is 0.734. The first-order chi connectivity index (χ1) is 7.70. The number of methoxy groups -OCH3 is 1. The summed E-state index contributed by atoms with van der Waals surface area (Å²) in [7, 11) is 1.77. The van der Waals surface area contributed by atoms with Gasteiger partial charge in [0.25, 0.3) is 0 Å². The minimum Gasteiger partial charge on any atom is -0.397 e. The highest BCUT2D eigenvalue weighted by atomic mass is 35.5. The molecule has 16 heavy (non-hydrogen) atoms. The molecular formula is C12H17ClN2O. The van der Waals surface area contributed by atoms with Crippen molar-refractivity contribution in [2.24, 2.45) is 0 Å². The molecule has 0 spiro atoms. The molecule has 0 bridgehead atoms. The molecule has 1 aliphatic rings. The molecule has 1 fully saturated rings. The average Bonchev–Trinajstić information content (AvgIpc) is 2.32. The van der Waals surface area contributed by atoms with E-state index in [1.54, 1.807) is 7.11 Å². The predicted molar refractivity (Wildman–Crippen MR) is 68.1 cm³/mol. The fourth-order valence-corrected chi connectivity index (χ4v) is 2.29. The summed E-state index contributed by atoms with van der Waals surface area (Å²) in [5.41, 5.74) is 7.79. The zero-order chi connectivity index (χ0) is 11.5. The van der Waals surface area contributed by atoms with Crippen LogP contribution in [0.1, 0.15) is 12.8 Å². The standard InChI is InChI=1S/C12H17ClN2O/c1-16-10-4-6-15(7-5-10)12-8-9(13)2-3-11(12)14/h2-3,8,10H,4-7,14H2,1H3. The number of halogens is 1. The van der Waals surface area contributed by atoms with Crippen LogP contribution < -0.4 is 10.6 Å². The molecule has 0 atom stereocenters. The van der Waals surface area contributed by atoms with Gasteiger partial charge in [-0.2, -0.15) is 0 Å². The number of hydrogen-bond donors (Lipinski definition) is 1. The number of nitrogens with two attached hydrogens (primary N) is 1. The zero-order valence-electron chi connectivity index (χ0n) is 9.45. The predicted octanol–water partition coefficient (Wildman–Crippen LogP) is 2.54. The Hall–Kier alpha value is -0.930. The molecule has 0 unspecified atom stereocenters. The van der Waals surface area contributed by atoms with Crippen molar-refractivity contribution in [3.63, 3.8) is 0 Å². The minimum absolute atomic E-state index is 0.386. The summed E-state index contributed by atoms with van der Waals surface area (Å²) in [6, 6.07) is 5.62. The van der Waals surface area contributed by atoms with Crippen LogP contribution in [0, 0.1) is 0 Å². The fraction of sp³-hybridized carbons (Fsp3) is 0.500. The summed E-state index contributed by atoms with van der Waals surface area (Å²) in [4.78, 5) is 2.27. The number of rotatable bonds is 2. The fourth-order valence-electron chi connectivity index (χ4n) is 2.12. The Morgan fingerprint density at radius 3 is 2.69 bits per heavy atom. The van der Waals surface area contributed by atoms with Crippen LogP contribution in [0.4, 0.5) is 11.4 Å². The van der Waals surface area contributed by atoms with Crippen LogP contribution >= 0.6 is 11.6 Å². The van der Waals surface area contributed by atoms with Gasteiger partial charge in [0.1, 0.15) is 0 Å². The van der Waals surface area contributed by atoms with Crippen LogP contribution in [0.5, 0.6) is 0 Å². The highest BCUT2D eigenvalue weighted by Gasteiger charge is 2.20. The SMILES string of the molecule is COC1CCN(c2cc(Cl)ccc2N)CC1. The lowest BCUT2D eigenvalue weighted by Crippen LogP contribution is -2.37. The van der Waals surface area contributed by atoms with Crippen molar-refractivity contribution in [1.82, 2.24) is 0 Å². The maximum Gasteiger partial charge on any atom is 0.0614 e. The molecule has 0 aliphatic carbocycles. The topological polar surface area (TPSA) is 38.5 Å². The first-order valence-electron chi connectivity index (χ1n) is 5.53. The highest BCUT2D eigenvalue weighted by molar-refractivity contribution is 6.31. The summed E-state index contributed by atoms with van der Waals surface area (Å²) < 4.78 is 5.35. The molecule has 1 aromatic carbocycles. The van der Waals surface area contributed by atoms with Crippen molar-refractivity contribution in [3.05, 3.63) is 23.2 Å². The third-order valence-electron chi connectivity index (χ3n) is 3.11. The Balaban J connectivity index is 2.10. The van der Waals surface area contributed by atoms with E-state index in [0.717, 1.165) is 42.3 Å². The Bertz CT molecular complexity index is 362. The molecule has 1 aromatic rings. The van der Waals surface area contributed by atoms with E-state index < -0.39 is 0 Å². The van der Waals surface area contributed by atoms with Gasteiger partial charge in [-0.1, -0.05) is 11.6 Å². The number of hydrogen-bond acceptors (Lipinski definition) is 3. The molecule has 0 amide bonds. The quantitative estimate of drug-likeness (QED) is 0.808. The lowest BCUT2D eigenvalue weighted by molar-refractivity contribution is 0.0819. The van der Waals surface area contributed by atoms with E-state index in [9.17, 15) is 0 Å². The van der Waals surface area contributed by atoms with E-state index in [1.165, 1.54) is 0 Å². The normalized spacial score (nSPS) is 17.8. The lowest BCUT2D eigenvalue weighted by Gasteiger charge is -2.33. The van der Waals surface area contributed by atoms with Crippen molar-refractivity contribution in [2.45, 2.75) is 18.9 Å². The van der Waals surface area contributed by atoms with Crippen LogP contribution in [0.15, 0.2) is 18.2 Å². The number of benzene rings is 1. The maximum absolute atomic E-state index is 5.99. The molecule has 2 rings (SSSR count). The maximum atomic E-state index is 5.99. The number of nitrogen functional groups attached to an aromatic ring is 1. The van der Waals surface area contributed by atoms with Crippen LogP contribution in [0.3, 0.4) is 0 Å². The van der Waals surface area contributed by atoms with E-state index in [2.05, 4.69) is 4.90 Å². The Kier molecular flexibility index (Phi) is 3.56. The number of nitrogens with zero attached hydrogens (tertiary/aromatic N) is 1. The van der Waals surface area contributed by atoms with Gasteiger partial charge in [0, 0.05) is 25.2 Å². The van der Waals surface area contributed by atoms with Gasteiger partial charge in [-0.05, 0) is 31.0 Å². The Morgan fingerprint density at radius 1 is 1.38 bits per heavy atom. The molecule has 4 heteroatoms. The third kappa shape index (κ3) is 2.42. The molecule has 3 nitrogen and oxygen atoms in total. The van der Waals surface area contributed by atoms with E-state index in [1.807, 2.05) is 18.2 Å². The van der Waals surface area contributed by atoms with E-state index >= 15 is 0 Å². The number of piperidine rings is 1. The first kappa shape index (κ1) is 11.6. The van der Waals surface area contributed by atoms with Crippen LogP contribution in [0.25, 0.3) is 0 Å². The van der Waals surface area contributed by atoms with E-state index in [4.69, 9.17) is 22.1 Å². The van der Waals surface area contributed by atoms with Crippen molar-refractivity contribution in [1.29, 1.82) is 0 Å². The van der Waals surface area contributed by atoms with E-state index in [0.29, 0.717) is 6.10 Å². The van der Waals surface area contributed by atoms with Crippen LogP contribution in [-0.4, -0.2) is 26.3 Å². The van der Waals surface area contributed by atoms with Crippen LogP contribution in [0.2, 0.25) is 5.02 Å². The van der Waals surface area contributed by atoms with Crippen LogP contribution in [-0.2, 0) is 4.74 Å². The molecule has 0 radical (unpaired) electrons. The zero-order valence-corrected chi connectivity index (χ0v) is 10.2. The second-order valence-corrected chi connectivity index (χ2v) is 4.56. The second kappa shape index (κ2) is 4.93. The van der Waals surface area contributed by atoms with Gasteiger partial charge in [0.05, 0.1) is 17.5 Å². The van der Waals surface area contributed by atoms with Gasteiger partial charge in [0.2, 0.25) is 0 Å². The molecule has 1 saturated heterocycles. The van der Waals surface area contributed by atoms with Gasteiger partial charge >= 0.3 is 0 Å². The summed E-state index contributed by atoms with van der Waals surface area (Å²) >= 11 is 5.99.